The van der Waals surface area contributed by atoms with Crippen LogP contribution in [0, 0.1) is 34.9 Å². The maximum absolute atomic E-state index is 14.3. The molecule has 0 amide bonds. The fraction of sp³-hybridized carbons (Fsp3) is 0.250. The molecule has 0 bridgehead atoms. The highest BCUT2D eigenvalue weighted by atomic mass is 19.2. The number of hydrogen-bond donors (Lipinski definition) is 2. The zero-order valence-corrected chi connectivity index (χ0v) is 17.9. The lowest BCUT2D eigenvalue weighted by atomic mass is 9.66. The summed E-state index contributed by atoms with van der Waals surface area (Å²) in [4.78, 5) is 0. The molecule has 0 saturated heterocycles. The second-order valence-electron chi connectivity index (χ2n) is 7.89. The van der Waals surface area contributed by atoms with Gasteiger partial charge in [0.1, 0.15) is 34.9 Å². The van der Waals surface area contributed by atoms with Gasteiger partial charge in [0.25, 0.3) is 0 Å². The molecule has 0 atom stereocenters. The smallest absolute Gasteiger partial charge is 0.402 e. The molecule has 10 heteroatoms. The van der Waals surface area contributed by atoms with Crippen molar-refractivity contribution in [2.75, 3.05) is 6.61 Å². The number of unbranched alkanes of at least 4 members (excludes halogenated alkanes) is 2. The van der Waals surface area contributed by atoms with Gasteiger partial charge in [0.15, 0.2) is 0 Å². The number of halogens is 6. The van der Waals surface area contributed by atoms with Crippen molar-refractivity contribution in [2.24, 2.45) is 0 Å². The van der Waals surface area contributed by atoms with Crippen molar-refractivity contribution in [3.05, 3.63) is 106 Å². The van der Waals surface area contributed by atoms with Gasteiger partial charge < -0.3 is 14.7 Å². The molecule has 0 spiro atoms. The van der Waals surface area contributed by atoms with E-state index in [1.807, 2.05) is 0 Å². The molecule has 3 aromatic rings. The summed E-state index contributed by atoms with van der Waals surface area (Å²) in [6, 6.07) is 7.60. The first kappa shape index (κ1) is 25.8. The van der Waals surface area contributed by atoms with Crippen molar-refractivity contribution in [3.8, 4) is 0 Å². The third-order valence-electron chi connectivity index (χ3n) is 5.53. The fourth-order valence-corrected chi connectivity index (χ4v) is 4.19. The molecular formula is C24H21BF6O3. The van der Waals surface area contributed by atoms with E-state index in [-0.39, 0.29) is 36.1 Å². The van der Waals surface area contributed by atoms with Crippen molar-refractivity contribution < 1.29 is 41.0 Å². The van der Waals surface area contributed by atoms with Crippen LogP contribution in [0.3, 0.4) is 0 Å². The molecule has 0 radical (unpaired) electrons. The maximum atomic E-state index is 14.3. The first-order valence-corrected chi connectivity index (χ1v) is 10.5. The summed E-state index contributed by atoms with van der Waals surface area (Å²) in [7, 11) is -1.94. The van der Waals surface area contributed by atoms with Crippen molar-refractivity contribution in [2.45, 2.75) is 31.1 Å². The van der Waals surface area contributed by atoms with Crippen molar-refractivity contribution in [3.63, 3.8) is 0 Å². The number of rotatable bonds is 10. The molecule has 0 saturated carbocycles. The molecule has 0 unspecified atom stereocenters. The second kappa shape index (κ2) is 11.1. The van der Waals surface area contributed by atoms with Crippen LogP contribution in [-0.2, 0) is 10.1 Å². The highest BCUT2D eigenvalue weighted by molar-refractivity contribution is 6.32. The number of hydrogen-bond acceptors (Lipinski definition) is 3. The van der Waals surface area contributed by atoms with E-state index in [9.17, 15) is 26.3 Å². The Kier molecular flexibility index (Phi) is 8.40. The van der Waals surface area contributed by atoms with Crippen LogP contribution in [0.4, 0.5) is 26.3 Å². The van der Waals surface area contributed by atoms with Crippen LogP contribution in [0.5, 0.6) is 0 Å². The van der Waals surface area contributed by atoms with Crippen LogP contribution >= 0.6 is 0 Å². The molecule has 0 aliphatic rings. The molecule has 0 aliphatic heterocycles. The van der Waals surface area contributed by atoms with Crippen LogP contribution in [0.2, 0.25) is 0 Å². The minimum atomic E-state index is -1.94. The van der Waals surface area contributed by atoms with Gasteiger partial charge >= 0.3 is 7.32 Å². The Morgan fingerprint density at radius 2 is 0.912 bits per heavy atom. The molecule has 0 aliphatic carbocycles. The van der Waals surface area contributed by atoms with Gasteiger partial charge in [0.05, 0.1) is 0 Å². The first-order valence-electron chi connectivity index (χ1n) is 10.5. The predicted molar refractivity (Wildman–Crippen MR) is 114 cm³/mol. The van der Waals surface area contributed by atoms with Crippen LogP contribution in [0.15, 0.2) is 54.6 Å². The Balaban J connectivity index is 2.18. The highest BCUT2D eigenvalue weighted by Crippen LogP contribution is 2.45. The van der Waals surface area contributed by atoms with E-state index in [1.165, 1.54) is 0 Å². The van der Waals surface area contributed by atoms with Gasteiger partial charge in [-0.2, -0.15) is 0 Å². The Morgan fingerprint density at radius 3 is 1.24 bits per heavy atom. The van der Waals surface area contributed by atoms with Gasteiger partial charge in [-0.1, -0.05) is 12.8 Å². The van der Waals surface area contributed by atoms with Gasteiger partial charge in [-0.3, -0.25) is 0 Å². The summed E-state index contributed by atoms with van der Waals surface area (Å²) in [6.07, 6.45) is 0.963. The molecular weight excluding hydrogens is 461 g/mol. The fourth-order valence-electron chi connectivity index (χ4n) is 4.19. The molecule has 0 fully saturated rings. The topological polar surface area (TPSA) is 49.7 Å². The van der Waals surface area contributed by atoms with E-state index in [4.69, 9.17) is 10.0 Å². The average Bonchev–Trinajstić information content (AvgIpc) is 2.71. The van der Waals surface area contributed by atoms with Crippen LogP contribution in [0.25, 0.3) is 0 Å². The SMILES string of the molecule is OB(O)OCCCCCC(c1cc(F)cc(F)c1)(c1cc(F)cc(F)c1)c1cc(F)cc(F)c1. The molecule has 0 aromatic heterocycles. The highest BCUT2D eigenvalue weighted by Gasteiger charge is 2.38. The molecule has 2 N–H and O–H groups in total. The monoisotopic (exact) mass is 482 g/mol. The lowest BCUT2D eigenvalue weighted by Crippen LogP contribution is -2.31. The van der Waals surface area contributed by atoms with Crippen molar-refractivity contribution >= 4 is 7.32 Å². The van der Waals surface area contributed by atoms with E-state index >= 15 is 0 Å². The average molecular weight is 482 g/mol. The Bertz CT molecular complexity index is 956. The van der Waals surface area contributed by atoms with Crippen LogP contribution in [-0.4, -0.2) is 24.0 Å². The third-order valence-corrected chi connectivity index (χ3v) is 5.53. The first-order chi connectivity index (χ1) is 16.1. The van der Waals surface area contributed by atoms with Crippen LogP contribution in [0.1, 0.15) is 42.4 Å². The normalized spacial score (nSPS) is 11.6. The summed E-state index contributed by atoms with van der Waals surface area (Å²) in [5.41, 5.74) is -1.96. The summed E-state index contributed by atoms with van der Waals surface area (Å²) in [6.45, 7) is -0.0115. The van der Waals surface area contributed by atoms with Crippen molar-refractivity contribution in [1.82, 2.24) is 0 Å². The molecule has 3 aromatic carbocycles. The molecule has 3 nitrogen and oxygen atoms in total. The lowest BCUT2D eigenvalue weighted by Gasteiger charge is -2.36. The van der Waals surface area contributed by atoms with E-state index in [0.717, 1.165) is 36.4 Å². The molecule has 180 valence electrons. The van der Waals surface area contributed by atoms with Crippen LogP contribution < -0.4 is 0 Å². The standard InChI is InChI=1S/C24H21BF6O3/c26-18-6-15(7-19(27)12-18)24(4-2-1-3-5-34-25(32)33,16-8-20(28)13-21(29)9-16)17-10-22(30)14-23(31)11-17/h6-14,32-33H,1-5H2. The predicted octanol–water partition coefficient (Wildman–Crippen LogP) is 5.40. The van der Waals surface area contributed by atoms with E-state index in [2.05, 4.69) is 4.65 Å². The zero-order chi connectivity index (χ0) is 24.9. The summed E-state index contributed by atoms with van der Waals surface area (Å²) < 4.78 is 90.3. The summed E-state index contributed by atoms with van der Waals surface area (Å²) in [5, 5.41) is 17.5. The quantitative estimate of drug-likeness (QED) is 0.176. The van der Waals surface area contributed by atoms with Gasteiger partial charge in [0.2, 0.25) is 0 Å². The van der Waals surface area contributed by atoms with E-state index in [1.54, 1.807) is 0 Å². The Labute approximate surface area is 192 Å². The largest absolute Gasteiger partial charge is 0.633 e. The Morgan fingerprint density at radius 1 is 0.559 bits per heavy atom. The van der Waals surface area contributed by atoms with Gasteiger partial charge in [-0.05, 0) is 65.9 Å². The Hall–Kier alpha value is -2.82. The zero-order valence-electron chi connectivity index (χ0n) is 17.9. The second-order valence-corrected chi connectivity index (χ2v) is 7.89. The summed E-state index contributed by atoms with van der Waals surface area (Å²) >= 11 is 0. The molecule has 3 rings (SSSR count). The maximum Gasteiger partial charge on any atom is 0.633 e. The number of benzene rings is 3. The van der Waals surface area contributed by atoms with E-state index < -0.39 is 47.6 Å². The van der Waals surface area contributed by atoms with Gasteiger partial charge in [-0.15, -0.1) is 0 Å². The van der Waals surface area contributed by atoms with Gasteiger partial charge in [-0.25, -0.2) is 26.3 Å². The minimum absolute atomic E-state index is 0.0115. The molecule has 0 heterocycles. The molecule has 34 heavy (non-hydrogen) atoms. The van der Waals surface area contributed by atoms with E-state index in [0.29, 0.717) is 31.0 Å². The van der Waals surface area contributed by atoms with Gasteiger partial charge in [0, 0.05) is 30.2 Å². The lowest BCUT2D eigenvalue weighted by molar-refractivity contribution is 0.181. The summed E-state index contributed by atoms with van der Waals surface area (Å²) in [5.74, 6) is -5.84. The van der Waals surface area contributed by atoms with Crippen molar-refractivity contribution in [1.29, 1.82) is 0 Å². The minimum Gasteiger partial charge on any atom is -0.402 e. The third kappa shape index (κ3) is 6.19.